The van der Waals surface area contributed by atoms with Crippen LogP contribution in [0.5, 0.6) is 11.5 Å². The van der Waals surface area contributed by atoms with E-state index in [2.05, 4.69) is 0 Å². The SMILES string of the molecule is Oc1c(OCc2ccccc2)ccc2ccccc12. The van der Waals surface area contributed by atoms with Gasteiger partial charge in [0.25, 0.3) is 0 Å². The highest BCUT2D eigenvalue weighted by Crippen LogP contribution is 2.34. The Morgan fingerprint density at radius 2 is 1.53 bits per heavy atom. The molecule has 0 aliphatic heterocycles. The van der Waals surface area contributed by atoms with Crippen molar-refractivity contribution >= 4 is 10.8 Å². The molecule has 19 heavy (non-hydrogen) atoms. The van der Waals surface area contributed by atoms with Crippen LogP contribution >= 0.6 is 0 Å². The molecule has 2 heteroatoms. The Balaban J connectivity index is 1.87. The molecule has 0 saturated carbocycles. The maximum Gasteiger partial charge on any atom is 0.165 e. The van der Waals surface area contributed by atoms with Gasteiger partial charge in [-0.25, -0.2) is 0 Å². The van der Waals surface area contributed by atoms with Gasteiger partial charge in [-0.3, -0.25) is 0 Å². The highest BCUT2D eigenvalue weighted by atomic mass is 16.5. The molecule has 0 heterocycles. The third-order valence-electron chi connectivity index (χ3n) is 3.10. The summed E-state index contributed by atoms with van der Waals surface area (Å²) in [6.07, 6.45) is 0. The molecule has 0 atom stereocenters. The van der Waals surface area contributed by atoms with Gasteiger partial charge in [0.2, 0.25) is 0 Å². The van der Waals surface area contributed by atoms with Crippen LogP contribution in [0.2, 0.25) is 0 Å². The van der Waals surface area contributed by atoms with Crippen LogP contribution in [-0.4, -0.2) is 5.11 Å². The molecule has 3 aromatic rings. The van der Waals surface area contributed by atoms with Crippen molar-refractivity contribution in [2.45, 2.75) is 6.61 Å². The van der Waals surface area contributed by atoms with E-state index < -0.39 is 0 Å². The van der Waals surface area contributed by atoms with Crippen LogP contribution in [0.1, 0.15) is 5.56 Å². The Morgan fingerprint density at radius 3 is 2.37 bits per heavy atom. The van der Waals surface area contributed by atoms with Gasteiger partial charge in [-0.15, -0.1) is 0 Å². The summed E-state index contributed by atoms with van der Waals surface area (Å²) in [5.74, 6) is 0.719. The van der Waals surface area contributed by atoms with Crippen LogP contribution in [0.25, 0.3) is 10.8 Å². The third-order valence-corrected chi connectivity index (χ3v) is 3.10. The van der Waals surface area contributed by atoms with E-state index in [4.69, 9.17) is 4.74 Å². The molecule has 0 radical (unpaired) electrons. The van der Waals surface area contributed by atoms with Crippen molar-refractivity contribution in [3.63, 3.8) is 0 Å². The Bertz CT molecular complexity index is 690. The van der Waals surface area contributed by atoms with Crippen molar-refractivity contribution in [3.05, 3.63) is 72.3 Å². The molecular weight excluding hydrogens is 236 g/mol. The molecule has 3 aromatic carbocycles. The number of aromatic hydroxyl groups is 1. The first-order chi connectivity index (χ1) is 9.34. The topological polar surface area (TPSA) is 29.5 Å². The number of rotatable bonds is 3. The molecule has 0 aromatic heterocycles. The molecule has 0 unspecified atom stereocenters. The predicted molar refractivity (Wildman–Crippen MR) is 76.4 cm³/mol. The second kappa shape index (κ2) is 5.02. The smallest absolute Gasteiger partial charge is 0.165 e. The fourth-order valence-corrected chi connectivity index (χ4v) is 2.09. The highest BCUT2D eigenvalue weighted by Gasteiger charge is 2.07. The van der Waals surface area contributed by atoms with E-state index in [9.17, 15) is 5.11 Å². The van der Waals surface area contributed by atoms with Gasteiger partial charge in [-0.1, -0.05) is 60.7 Å². The van der Waals surface area contributed by atoms with Crippen LogP contribution < -0.4 is 4.74 Å². The largest absolute Gasteiger partial charge is 0.504 e. The Labute approximate surface area is 111 Å². The summed E-state index contributed by atoms with van der Waals surface area (Å²) in [6, 6.07) is 21.4. The zero-order valence-electron chi connectivity index (χ0n) is 10.4. The van der Waals surface area contributed by atoms with Gasteiger partial charge >= 0.3 is 0 Å². The molecule has 0 saturated heterocycles. The van der Waals surface area contributed by atoms with Crippen molar-refractivity contribution in [3.8, 4) is 11.5 Å². The summed E-state index contributed by atoms with van der Waals surface area (Å²) in [5, 5.41) is 12.0. The molecule has 0 fully saturated rings. The quantitative estimate of drug-likeness (QED) is 0.757. The molecular formula is C17H14O2. The van der Waals surface area contributed by atoms with Gasteiger partial charge in [0.15, 0.2) is 11.5 Å². The molecule has 1 N–H and O–H groups in total. The summed E-state index contributed by atoms with van der Waals surface area (Å²) in [6.45, 7) is 0.451. The number of phenols is 1. The van der Waals surface area contributed by atoms with Crippen LogP contribution in [0.15, 0.2) is 66.7 Å². The first kappa shape index (κ1) is 11.6. The molecule has 0 spiro atoms. The average molecular weight is 250 g/mol. The van der Waals surface area contributed by atoms with Gasteiger partial charge in [-0.2, -0.15) is 0 Å². The minimum Gasteiger partial charge on any atom is -0.504 e. The number of benzene rings is 3. The van der Waals surface area contributed by atoms with Gasteiger partial charge in [0.1, 0.15) is 6.61 Å². The lowest BCUT2D eigenvalue weighted by atomic mass is 10.1. The summed E-state index contributed by atoms with van der Waals surface area (Å²) in [5.41, 5.74) is 1.08. The van der Waals surface area contributed by atoms with E-state index in [-0.39, 0.29) is 5.75 Å². The van der Waals surface area contributed by atoms with E-state index in [1.54, 1.807) is 6.07 Å². The average Bonchev–Trinajstić information content (AvgIpc) is 2.48. The van der Waals surface area contributed by atoms with E-state index in [0.717, 1.165) is 16.3 Å². The van der Waals surface area contributed by atoms with Crippen molar-refractivity contribution < 1.29 is 9.84 Å². The number of hydrogen-bond donors (Lipinski definition) is 1. The molecule has 0 aliphatic carbocycles. The maximum atomic E-state index is 10.2. The van der Waals surface area contributed by atoms with Gasteiger partial charge < -0.3 is 9.84 Å². The molecule has 2 nitrogen and oxygen atoms in total. The molecule has 94 valence electrons. The Hall–Kier alpha value is -2.48. The van der Waals surface area contributed by atoms with E-state index in [1.807, 2.05) is 60.7 Å². The lowest BCUT2D eigenvalue weighted by Gasteiger charge is -2.10. The van der Waals surface area contributed by atoms with Crippen LogP contribution in [0.3, 0.4) is 0 Å². The lowest BCUT2D eigenvalue weighted by molar-refractivity contribution is 0.290. The van der Waals surface area contributed by atoms with Crippen LogP contribution in [0.4, 0.5) is 0 Å². The van der Waals surface area contributed by atoms with Gasteiger partial charge in [0.05, 0.1) is 0 Å². The number of ether oxygens (including phenoxy) is 1. The zero-order valence-corrected chi connectivity index (χ0v) is 10.4. The number of fused-ring (bicyclic) bond motifs is 1. The van der Waals surface area contributed by atoms with E-state index in [0.29, 0.717) is 12.4 Å². The monoisotopic (exact) mass is 250 g/mol. The zero-order chi connectivity index (χ0) is 13.1. The fraction of sp³-hybridized carbons (Fsp3) is 0.0588. The third kappa shape index (κ3) is 2.38. The summed E-state index contributed by atoms with van der Waals surface area (Å²) in [4.78, 5) is 0. The molecule has 3 rings (SSSR count). The lowest BCUT2D eigenvalue weighted by Crippen LogP contribution is -1.95. The molecule has 0 amide bonds. The normalized spacial score (nSPS) is 10.5. The van der Waals surface area contributed by atoms with Crippen molar-refractivity contribution in [2.75, 3.05) is 0 Å². The van der Waals surface area contributed by atoms with Crippen LogP contribution in [0, 0.1) is 0 Å². The summed E-state index contributed by atoms with van der Waals surface area (Å²) < 4.78 is 5.68. The highest BCUT2D eigenvalue weighted by molar-refractivity contribution is 5.90. The maximum absolute atomic E-state index is 10.2. The van der Waals surface area contributed by atoms with Crippen molar-refractivity contribution in [1.29, 1.82) is 0 Å². The number of phenolic OH excluding ortho intramolecular Hbond substituents is 1. The molecule has 0 bridgehead atoms. The predicted octanol–water partition coefficient (Wildman–Crippen LogP) is 4.12. The van der Waals surface area contributed by atoms with Gasteiger partial charge in [0, 0.05) is 5.39 Å². The first-order valence-corrected chi connectivity index (χ1v) is 6.22. The van der Waals surface area contributed by atoms with Gasteiger partial charge in [-0.05, 0) is 17.0 Å². The summed E-state index contributed by atoms with van der Waals surface area (Å²) in [7, 11) is 0. The Kier molecular flexibility index (Phi) is 3.07. The van der Waals surface area contributed by atoms with Crippen molar-refractivity contribution in [1.82, 2.24) is 0 Å². The molecule has 0 aliphatic rings. The van der Waals surface area contributed by atoms with Crippen molar-refractivity contribution in [2.24, 2.45) is 0 Å². The Morgan fingerprint density at radius 1 is 0.789 bits per heavy atom. The standard InChI is InChI=1S/C17H14O2/c18-17-15-9-5-4-8-14(15)10-11-16(17)19-12-13-6-2-1-3-7-13/h1-11,18H,12H2. The summed E-state index contributed by atoms with van der Waals surface area (Å²) >= 11 is 0. The minimum atomic E-state index is 0.203. The first-order valence-electron chi connectivity index (χ1n) is 6.22. The van der Waals surface area contributed by atoms with E-state index >= 15 is 0 Å². The van der Waals surface area contributed by atoms with E-state index in [1.165, 1.54) is 0 Å². The minimum absolute atomic E-state index is 0.203. The second-order valence-electron chi connectivity index (χ2n) is 4.41. The number of hydrogen-bond acceptors (Lipinski definition) is 2. The fourth-order valence-electron chi connectivity index (χ4n) is 2.09. The van der Waals surface area contributed by atoms with Crippen LogP contribution in [-0.2, 0) is 6.61 Å². The second-order valence-corrected chi connectivity index (χ2v) is 4.41.